The normalized spacial score (nSPS) is 12.9. The van der Waals surface area contributed by atoms with E-state index in [2.05, 4.69) is 22.2 Å². The third-order valence-corrected chi connectivity index (χ3v) is 2.88. The van der Waals surface area contributed by atoms with Crippen molar-refractivity contribution < 1.29 is 4.39 Å². The Labute approximate surface area is 100 Å². The number of rotatable bonds is 3. The van der Waals surface area contributed by atoms with Crippen LogP contribution < -0.4 is 5.32 Å². The Balaban J connectivity index is 2.45. The number of halogens is 1. The van der Waals surface area contributed by atoms with Crippen LogP contribution in [0.3, 0.4) is 0 Å². The lowest BCUT2D eigenvalue weighted by atomic mass is 10.1. The lowest BCUT2D eigenvalue weighted by Crippen LogP contribution is -2.24. The van der Waals surface area contributed by atoms with Crippen molar-refractivity contribution in [3.63, 3.8) is 0 Å². The first kappa shape index (κ1) is 11.9. The van der Waals surface area contributed by atoms with Gasteiger partial charge in [-0.1, -0.05) is 0 Å². The summed E-state index contributed by atoms with van der Waals surface area (Å²) in [6.07, 6.45) is 0.769. The molecule has 0 amide bonds. The number of benzene rings is 1. The zero-order chi connectivity index (χ0) is 12.4. The largest absolute Gasteiger partial charge is 0.317 e. The van der Waals surface area contributed by atoms with Gasteiger partial charge in [0.05, 0.1) is 5.52 Å². The number of aryl methyl sites for hydroxylation is 1. The van der Waals surface area contributed by atoms with E-state index in [1.807, 2.05) is 14.0 Å². The van der Waals surface area contributed by atoms with Crippen molar-refractivity contribution in [2.75, 3.05) is 7.05 Å². The molecule has 3 nitrogen and oxygen atoms in total. The van der Waals surface area contributed by atoms with E-state index in [0.717, 1.165) is 28.8 Å². The monoisotopic (exact) mass is 233 g/mol. The zero-order valence-corrected chi connectivity index (χ0v) is 10.3. The molecule has 0 saturated carbocycles. The molecule has 0 aliphatic carbocycles. The summed E-state index contributed by atoms with van der Waals surface area (Å²) in [6.45, 7) is 3.96. The highest BCUT2D eigenvalue weighted by Crippen LogP contribution is 2.17. The van der Waals surface area contributed by atoms with E-state index in [9.17, 15) is 4.39 Å². The summed E-state index contributed by atoms with van der Waals surface area (Å²) in [7, 11) is 1.91. The quantitative estimate of drug-likeness (QED) is 0.883. The van der Waals surface area contributed by atoms with Crippen LogP contribution in [0.25, 0.3) is 10.9 Å². The molecule has 0 spiro atoms. The standard InChI is InChI=1S/C13H16FN3/c1-8(15-3)6-13-16-9(2)11-7-10(14)4-5-12(11)17-13/h4-5,7-8,15H,6H2,1-3H3. The average molecular weight is 233 g/mol. The van der Waals surface area contributed by atoms with E-state index in [1.165, 1.54) is 12.1 Å². The van der Waals surface area contributed by atoms with Crippen molar-refractivity contribution >= 4 is 10.9 Å². The SMILES string of the molecule is CNC(C)Cc1nc(C)c2cc(F)ccc2n1. The highest BCUT2D eigenvalue weighted by Gasteiger charge is 2.08. The number of aromatic nitrogens is 2. The number of hydrogen-bond acceptors (Lipinski definition) is 3. The van der Waals surface area contributed by atoms with E-state index >= 15 is 0 Å². The van der Waals surface area contributed by atoms with Gasteiger partial charge < -0.3 is 5.32 Å². The van der Waals surface area contributed by atoms with Crippen molar-refractivity contribution in [2.45, 2.75) is 26.3 Å². The van der Waals surface area contributed by atoms with Crippen LogP contribution in [-0.2, 0) is 6.42 Å². The minimum atomic E-state index is -0.249. The molecule has 1 unspecified atom stereocenters. The van der Waals surface area contributed by atoms with Gasteiger partial charge in [-0.05, 0) is 39.1 Å². The molecule has 1 aromatic heterocycles. The minimum Gasteiger partial charge on any atom is -0.317 e. The second-order valence-corrected chi connectivity index (χ2v) is 4.28. The number of hydrogen-bond donors (Lipinski definition) is 1. The predicted molar refractivity (Wildman–Crippen MR) is 66.5 cm³/mol. The predicted octanol–water partition coefficient (Wildman–Crippen LogP) is 2.23. The van der Waals surface area contributed by atoms with Crippen LogP contribution in [0.1, 0.15) is 18.4 Å². The lowest BCUT2D eigenvalue weighted by Gasteiger charge is -2.10. The fourth-order valence-electron chi connectivity index (χ4n) is 1.78. The zero-order valence-electron chi connectivity index (χ0n) is 10.3. The van der Waals surface area contributed by atoms with Crippen molar-refractivity contribution in [1.29, 1.82) is 0 Å². The Hall–Kier alpha value is -1.55. The van der Waals surface area contributed by atoms with Gasteiger partial charge in [0.2, 0.25) is 0 Å². The van der Waals surface area contributed by atoms with Crippen LogP contribution in [-0.4, -0.2) is 23.1 Å². The van der Waals surface area contributed by atoms with E-state index in [1.54, 1.807) is 6.07 Å². The molecule has 2 aromatic rings. The molecule has 17 heavy (non-hydrogen) atoms. The van der Waals surface area contributed by atoms with Gasteiger partial charge in [-0.25, -0.2) is 14.4 Å². The second-order valence-electron chi connectivity index (χ2n) is 4.28. The Morgan fingerprint density at radius 1 is 1.35 bits per heavy atom. The molecule has 0 radical (unpaired) electrons. The van der Waals surface area contributed by atoms with Crippen molar-refractivity contribution in [3.8, 4) is 0 Å². The Morgan fingerprint density at radius 2 is 2.12 bits per heavy atom. The molecule has 0 saturated heterocycles. The van der Waals surface area contributed by atoms with Gasteiger partial charge in [-0.3, -0.25) is 0 Å². The Kier molecular flexibility index (Phi) is 3.33. The van der Waals surface area contributed by atoms with Crippen LogP contribution in [0.2, 0.25) is 0 Å². The number of nitrogens with zero attached hydrogens (tertiary/aromatic N) is 2. The van der Waals surface area contributed by atoms with Crippen LogP contribution in [0.4, 0.5) is 4.39 Å². The second kappa shape index (κ2) is 4.75. The van der Waals surface area contributed by atoms with Crippen LogP contribution in [0.5, 0.6) is 0 Å². The molecule has 0 fully saturated rings. The first-order chi connectivity index (χ1) is 8.10. The van der Waals surface area contributed by atoms with Gasteiger partial charge in [-0.15, -0.1) is 0 Å². The van der Waals surface area contributed by atoms with E-state index in [-0.39, 0.29) is 5.82 Å². The first-order valence-electron chi connectivity index (χ1n) is 5.70. The van der Waals surface area contributed by atoms with Gasteiger partial charge in [0.1, 0.15) is 11.6 Å². The number of nitrogens with one attached hydrogen (secondary N) is 1. The van der Waals surface area contributed by atoms with Crippen LogP contribution in [0, 0.1) is 12.7 Å². The van der Waals surface area contributed by atoms with Gasteiger partial charge in [0.25, 0.3) is 0 Å². The number of likely N-dealkylation sites (N-methyl/N-ethyl adjacent to an activating group) is 1. The highest BCUT2D eigenvalue weighted by atomic mass is 19.1. The van der Waals surface area contributed by atoms with Crippen molar-refractivity contribution in [1.82, 2.24) is 15.3 Å². The van der Waals surface area contributed by atoms with Gasteiger partial charge in [-0.2, -0.15) is 0 Å². The molecule has 90 valence electrons. The molecule has 0 bridgehead atoms. The molecule has 1 heterocycles. The summed E-state index contributed by atoms with van der Waals surface area (Å²) in [6, 6.07) is 4.94. The molecular formula is C13H16FN3. The molecular weight excluding hydrogens is 217 g/mol. The van der Waals surface area contributed by atoms with Crippen molar-refractivity contribution in [3.05, 3.63) is 35.5 Å². The fraction of sp³-hybridized carbons (Fsp3) is 0.385. The maximum Gasteiger partial charge on any atom is 0.130 e. The van der Waals surface area contributed by atoms with Crippen LogP contribution in [0.15, 0.2) is 18.2 Å². The summed E-state index contributed by atoms with van der Waals surface area (Å²) in [5.74, 6) is 0.545. The molecule has 1 atom stereocenters. The smallest absolute Gasteiger partial charge is 0.130 e. The Bertz CT molecular complexity index is 539. The molecule has 1 N–H and O–H groups in total. The van der Waals surface area contributed by atoms with Gasteiger partial charge in [0, 0.05) is 23.5 Å². The van der Waals surface area contributed by atoms with Gasteiger partial charge >= 0.3 is 0 Å². The topological polar surface area (TPSA) is 37.8 Å². The fourth-order valence-corrected chi connectivity index (χ4v) is 1.78. The minimum absolute atomic E-state index is 0.249. The van der Waals surface area contributed by atoms with E-state index < -0.39 is 0 Å². The Morgan fingerprint density at radius 3 is 2.82 bits per heavy atom. The number of fused-ring (bicyclic) bond motifs is 1. The summed E-state index contributed by atoms with van der Waals surface area (Å²) < 4.78 is 13.1. The molecule has 2 rings (SSSR count). The maximum absolute atomic E-state index is 13.1. The summed E-state index contributed by atoms with van der Waals surface area (Å²) in [5, 5.41) is 3.93. The highest BCUT2D eigenvalue weighted by molar-refractivity contribution is 5.80. The molecule has 0 aliphatic rings. The maximum atomic E-state index is 13.1. The summed E-state index contributed by atoms with van der Waals surface area (Å²) in [5.41, 5.74) is 1.63. The summed E-state index contributed by atoms with van der Waals surface area (Å²) >= 11 is 0. The lowest BCUT2D eigenvalue weighted by molar-refractivity contribution is 0.591. The molecule has 0 aliphatic heterocycles. The van der Waals surface area contributed by atoms with E-state index in [4.69, 9.17) is 0 Å². The van der Waals surface area contributed by atoms with Crippen LogP contribution >= 0.6 is 0 Å². The third kappa shape index (κ3) is 2.58. The molecule has 4 heteroatoms. The van der Waals surface area contributed by atoms with E-state index in [0.29, 0.717) is 6.04 Å². The third-order valence-electron chi connectivity index (χ3n) is 2.88. The van der Waals surface area contributed by atoms with Gasteiger partial charge in [0.15, 0.2) is 0 Å². The van der Waals surface area contributed by atoms with Crippen molar-refractivity contribution in [2.24, 2.45) is 0 Å². The summed E-state index contributed by atoms with van der Waals surface area (Å²) in [4.78, 5) is 8.86. The average Bonchev–Trinajstić information content (AvgIpc) is 2.30. The first-order valence-corrected chi connectivity index (χ1v) is 5.70. The molecule has 1 aromatic carbocycles.